The SMILES string of the molecule is Cc1[nH]c(C=C2C(=O)Nc3ccc(F)cc32)c(C)c1C(=O)NCC(O)CN1CCS(O)(O)CC1. The molecule has 2 aliphatic heterocycles. The Hall–Kier alpha value is -2.70. The number of nitrogens with zero attached hydrogens (tertiary/aromatic N) is 1. The van der Waals surface area contributed by atoms with Crippen LogP contribution in [-0.2, 0) is 4.79 Å². The Bertz CT molecular complexity index is 1150. The molecule has 1 aromatic heterocycles. The van der Waals surface area contributed by atoms with E-state index in [9.17, 15) is 28.2 Å². The van der Waals surface area contributed by atoms with Crippen molar-refractivity contribution in [3.8, 4) is 0 Å². The number of aliphatic hydroxyl groups excluding tert-OH is 1. The predicted molar refractivity (Wildman–Crippen MR) is 131 cm³/mol. The number of β-amino-alcohol motifs (C(OH)–C–C–N with tert-alkyl or cyclic N) is 1. The van der Waals surface area contributed by atoms with Gasteiger partial charge in [-0.05, 0) is 43.7 Å². The van der Waals surface area contributed by atoms with Crippen LogP contribution in [0.2, 0.25) is 0 Å². The van der Waals surface area contributed by atoms with Crippen molar-refractivity contribution in [1.82, 2.24) is 15.2 Å². The minimum Gasteiger partial charge on any atom is -0.390 e. The lowest BCUT2D eigenvalue weighted by atomic mass is 10.0. The van der Waals surface area contributed by atoms with Crippen molar-refractivity contribution < 1.29 is 28.2 Å². The molecule has 1 fully saturated rings. The van der Waals surface area contributed by atoms with Crippen molar-refractivity contribution in [2.75, 3.05) is 43.0 Å². The number of aliphatic hydroxyl groups is 1. The minimum absolute atomic E-state index is 0.0428. The summed E-state index contributed by atoms with van der Waals surface area (Å²) in [6, 6.07) is 4.08. The fourth-order valence-electron chi connectivity index (χ4n) is 4.32. The molecule has 0 spiro atoms. The normalized spacial score (nSPS) is 20.6. The van der Waals surface area contributed by atoms with Crippen molar-refractivity contribution in [3.05, 3.63) is 52.1 Å². The summed E-state index contributed by atoms with van der Waals surface area (Å²) in [5, 5.41) is 15.8. The van der Waals surface area contributed by atoms with Gasteiger partial charge in [-0.25, -0.2) is 4.39 Å². The molecule has 1 unspecified atom stereocenters. The number of hydrogen-bond acceptors (Lipinski definition) is 6. The number of aryl methyl sites for hydroxylation is 1. The van der Waals surface area contributed by atoms with Crippen molar-refractivity contribution in [1.29, 1.82) is 0 Å². The fraction of sp³-hybridized carbons (Fsp3) is 0.391. The van der Waals surface area contributed by atoms with Crippen molar-refractivity contribution in [3.63, 3.8) is 0 Å². The van der Waals surface area contributed by atoms with Crippen molar-refractivity contribution in [2.24, 2.45) is 0 Å². The Labute approximate surface area is 198 Å². The summed E-state index contributed by atoms with van der Waals surface area (Å²) < 4.78 is 33.1. The minimum atomic E-state index is -2.50. The number of rotatable bonds is 6. The number of aromatic amines is 1. The maximum atomic E-state index is 13.7. The molecule has 1 atom stereocenters. The van der Waals surface area contributed by atoms with Gasteiger partial charge < -0.3 is 20.7 Å². The Kier molecular flexibility index (Phi) is 6.83. The third-order valence-electron chi connectivity index (χ3n) is 6.19. The molecule has 0 radical (unpaired) electrons. The number of H-pyrrole nitrogens is 1. The highest BCUT2D eigenvalue weighted by molar-refractivity contribution is 8.24. The molecule has 34 heavy (non-hydrogen) atoms. The number of amides is 2. The summed E-state index contributed by atoms with van der Waals surface area (Å²) in [6.07, 6.45) is 0.800. The number of nitrogens with one attached hydrogen (secondary N) is 3. The Morgan fingerprint density at radius 1 is 1.29 bits per heavy atom. The van der Waals surface area contributed by atoms with Gasteiger partial charge in [-0.3, -0.25) is 23.6 Å². The fourth-order valence-corrected chi connectivity index (χ4v) is 5.62. The molecule has 1 aromatic carbocycles. The molecule has 0 saturated carbocycles. The predicted octanol–water partition coefficient (Wildman–Crippen LogP) is 2.42. The van der Waals surface area contributed by atoms with Gasteiger partial charge in [0.25, 0.3) is 11.8 Å². The third kappa shape index (κ3) is 5.18. The van der Waals surface area contributed by atoms with E-state index in [-0.39, 0.29) is 18.4 Å². The van der Waals surface area contributed by atoms with E-state index in [1.807, 2.05) is 4.90 Å². The van der Waals surface area contributed by atoms with Gasteiger partial charge in [0.15, 0.2) is 0 Å². The zero-order chi connectivity index (χ0) is 24.6. The second-order valence-electron chi connectivity index (χ2n) is 8.74. The number of carbonyl (C=O) groups excluding carboxylic acids is 2. The standard InChI is InChI=1S/C23H29FN4O5S/c1-13-20(10-18-17-9-15(24)3-4-19(17)27-22(18)30)26-14(2)21(13)23(31)25-11-16(29)12-28-5-7-34(32,33)8-6-28/h3-4,9-10,16,26,29,32-33H,5-8,11-12H2,1-2H3,(H,25,31)(H,27,30). The molecule has 2 aromatic rings. The first-order valence-electron chi connectivity index (χ1n) is 11.0. The first-order chi connectivity index (χ1) is 16.0. The lowest BCUT2D eigenvalue weighted by molar-refractivity contribution is -0.110. The molecular weight excluding hydrogens is 463 g/mol. The molecule has 1 saturated heterocycles. The third-order valence-corrected chi connectivity index (χ3v) is 7.87. The maximum Gasteiger partial charge on any atom is 0.256 e. The van der Waals surface area contributed by atoms with Gasteiger partial charge in [0.2, 0.25) is 0 Å². The van der Waals surface area contributed by atoms with E-state index >= 15 is 0 Å². The zero-order valence-electron chi connectivity index (χ0n) is 19.0. The van der Waals surface area contributed by atoms with Gasteiger partial charge in [0, 0.05) is 48.8 Å². The number of hydrogen-bond donors (Lipinski definition) is 6. The second-order valence-corrected chi connectivity index (χ2v) is 11.2. The molecule has 3 heterocycles. The van der Waals surface area contributed by atoms with E-state index in [0.717, 1.165) is 0 Å². The molecule has 2 amide bonds. The van der Waals surface area contributed by atoms with Gasteiger partial charge in [-0.15, -0.1) is 0 Å². The topological polar surface area (TPSA) is 138 Å². The van der Waals surface area contributed by atoms with Gasteiger partial charge in [0.05, 0.1) is 28.7 Å². The van der Waals surface area contributed by atoms with Crippen LogP contribution in [0.4, 0.5) is 10.1 Å². The van der Waals surface area contributed by atoms with Gasteiger partial charge in [0.1, 0.15) is 5.82 Å². The average molecular weight is 493 g/mol. The molecule has 9 nitrogen and oxygen atoms in total. The van der Waals surface area contributed by atoms with Crippen molar-refractivity contribution in [2.45, 2.75) is 20.0 Å². The van der Waals surface area contributed by atoms with Crippen LogP contribution in [0.5, 0.6) is 0 Å². The summed E-state index contributed by atoms with van der Waals surface area (Å²) in [6.45, 7) is 4.84. The largest absolute Gasteiger partial charge is 0.390 e. The highest BCUT2D eigenvalue weighted by Crippen LogP contribution is 2.40. The summed E-state index contributed by atoms with van der Waals surface area (Å²) in [5.74, 6) is -0.565. The number of anilines is 1. The van der Waals surface area contributed by atoms with Gasteiger partial charge >= 0.3 is 0 Å². The van der Waals surface area contributed by atoms with Crippen molar-refractivity contribution >= 4 is 39.7 Å². The Morgan fingerprint density at radius 3 is 2.71 bits per heavy atom. The summed E-state index contributed by atoms with van der Waals surface area (Å²) in [7, 11) is -2.50. The second kappa shape index (κ2) is 9.51. The first-order valence-corrected chi connectivity index (χ1v) is 12.9. The van der Waals surface area contributed by atoms with Crippen LogP contribution in [0.3, 0.4) is 0 Å². The van der Waals surface area contributed by atoms with Crippen LogP contribution in [0.15, 0.2) is 18.2 Å². The van der Waals surface area contributed by atoms with E-state index in [1.165, 1.54) is 18.2 Å². The summed E-state index contributed by atoms with van der Waals surface area (Å²) in [5.41, 5.74) is 3.53. The average Bonchev–Trinajstić information content (AvgIpc) is 3.23. The maximum absolute atomic E-state index is 13.7. The molecule has 0 bridgehead atoms. The van der Waals surface area contributed by atoms with Crippen LogP contribution < -0.4 is 10.6 Å². The van der Waals surface area contributed by atoms with Gasteiger partial charge in [-0.1, -0.05) is 0 Å². The number of benzene rings is 1. The van der Waals surface area contributed by atoms with E-state index in [2.05, 4.69) is 15.6 Å². The molecule has 4 rings (SSSR count). The molecular formula is C23H29FN4O5S. The number of fused-ring (bicyclic) bond motifs is 1. The molecule has 11 heteroatoms. The quantitative estimate of drug-likeness (QED) is 0.343. The lowest BCUT2D eigenvalue weighted by Gasteiger charge is -2.41. The summed E-state index contributed by atoms with van der Waals surface area (Å²) >= 11 is 0. The highest BCUT2D eigenvalue weighted by atomic mass is 32.3. The number of carbonyl (C=O) groups is 2. The number of halogens is 1. The van der Waals surface area contributed by atoms with Gasteiger partial charge in [-0.2, -0.15) is 10.6 Å². The smallest absolute Gasteiger partial charge is 0.256 e. The number of aromatic nitrogens is 1. The lowest BCUT2D eigenvalue weighted by Crippen LogP contribution is -2.45. The van der Waals surface area contributed by atoms with Crippen LogP contribution in [0, 0.1) is 19.7 Å². The Morgan fingerprint density at radius 2 is 2.00 bits per heavy atom. The Balaban J connectivity index is 1.43. The molecule has 2 aliphatic rings. The molecule has 0 aliphatic carbocycles. The summed E-state index contributed by atoms with van der Waals surface area (Å²) in [4.78, 5) is 30.3. The monoisotopic (exact) mass is 492 g/mol. The van der Waals surface area contributed by atoms with E-state index in [4.69, 9.17) is 0 Å². The first kappa shape index (κ1) is 24.4. The highest BCUT2D eigenvalue weighted by Gasteiger charge is 2.27. The molecule has 184 valence electrons. The zero-order valence-corrected chi connectivity index (χ0v) is 19.8. The van der Waals surface area contributed by atoms with Crippen LogP contribution >= 0.6 is 10.6 Å². The van der Waals surface area contributed by atoms with Crippen LogP contribution in [0.1, 0.15) is 32.9 Å². The van der Waals surface area contributed by atoms with Crippen LogP contribution in [-0.4, -0.2) is 79.7 Å². The van der Waals surface area contributed by atoms with E-state index in [0.29, 0.717) is 70.5 Å². The molecule has 6 N–H and O–H groups in total. The van der Waals surface area contributed by atoms with E-state index in [1.54, 1.807) is 19.9 Å². The van der Waals surface area contributed by atoms with E-state index < -0.39 is 22.5 Å². The van der Waals surface area contributed by atoms with Crippen LogP contribution in [0.25, 0.3) is 11.6 Å².